The van der Waals surface area contributed by atoms with Crippen LogP contribution in [0.4, 0.5) is 0 Å². The zero-order chi connectivity index (χ0) is 13.2. The molecule has 0 aliphatic rings. The van der Waals surface area contributed by atoms with Gasteiger partial charge in [-0.2, -0.15) is 0 Å². The Kier molecular flexibility index (Phi) is 3.48. The molecule has 5 heteroatoms. The average molecular weight is 290 g/mol. The summed E-state index contributed by atoms with van der Waals surface area (Å²) in [5.74, 6) is 5.74. The molecule has 0 amide bonds. The molecule has 0 aliphatic carbocycles. The van der Waals surface area contributed by atoms with Crippen molar-refractivity contribution in [1.82, 2.24) is 10.4 Å². The summed E-state index contributed by atoms with van der Waals surface area (Å²) in [5, 5.41) is 3.78. The van der Waals surface area contributed by atoms with Gasteiger partial charge in [0, 0.05) is 10.9 Å². The second-order valence-electron chi connectivity index (χ2n) is 4.20. The molecule has 0 spiro atoms. The van der Waals surface area contributed by atoms with Crippen LogP contribution in [0, 0.1) is 0 Å². The quantitative estimate of drug-likeness (QED) is 0.441. The van der Waals surface area contributed by atoms with E-state index >= 15 is 0 Å². The molecule has 1 atom stereocenters. The molecule has 0 fully saturated rings. The lowest BCUT2D eigenvalue weighted by Crippen LogP contribution is -2.28. The summed E-state index contributed by atoms with van der Waals surface area (Å²) in [6.07, 6.45) is 1.69. The van der Waals surface area contributed by atoms with E-state index in [1.165, 1.54) is 10.1 Å². The first-order chi connectivity index (χ1) is 9.29. The van der Waals surface area contributed by atoms with Crippen molar-refractivity contribution in [2.45, 2.75) is 6.04 Å². The SMILES string of the molecule is NNC(c1ccnc(Cl)c1)c1cccc2ccsc12. The zero-order valence-corrected chi connectivity index (χ0v) is 11.6. The fourth-order valence-corrected chi connectivity index (χ4v) is 3.33. The van der Waals surface area contributed by atoms with E-state index in [1.54, 1.807) is 17.5 Å². The lowest BCUT2D eigenvalue weighted by atomic mass is 9.99. The summed E-state index contributed by atoms with van der Waals surface area (Å²) in [6, 6.07) is 12.0. The lowest BCUT2D eigenvalue weighted by Gasteiger charge is -2.17. The van der Waals surface area contributed by atoms with Crippen molar-refractivity contribution in [3.63, 3.8) is 0 Å². The van der Waals surface area contributed by atoms with E-state index in [1.807, 2.05) is 18.2 Å². The number of hydrazine groups is 1. The summed E-state index contributed by atoms with van der Waals surface area (Å²) >= 11 is 7.67. The monoisotopic (exact) mass is 289 g/mol. The van der Waals surface area contributed by atoms with E-state index in [9.17, 15) is 0 Å². The Morgan fingerprint density at radius 1 is 1.26 bits per heavy atom. The van der Waals surface area contributed by atoms with Gasteiger partial charge in [0.1, 0.15) is 5.15 Å². The molecule has 3 N–H and O–H groups in total. The molecule has 0 bridgehead atoms. The summed E-state index contributed by atoms with van der Waals surface area (Å²) in [4.78, 5) is 4.00. The molecule has 3 rings (SSSR count). The maximum absolute atomic E-state index is 5.95. The topological polar surface area (TPSA) is 50.9 Å². The van der Waals surface area contributed by atoms with Crippen LogP contribution in [0.3, 0.4) is 0 Å². The molecule has 3 nitrogen and oxygen atoms in total. The first kappa shape index (κ1) is 12.6. The minimum atomic E-state index is -0.0946. The number of thiophene rings is 1. The lowest BCUT2D eigenvalue weighted by molar-refractivity contribution is 0.641. The molecule has 1 unspecified atom stereocenters. The Morgan fingerprint density at radius 2 is 2.16 bits per heavy atom. The average Bonchev–Trinajstić information content (AvgIpc) is 2.89. The van der Waals surface area contributed by atoms with Gasteiger partial charge in [-0.1, -0.05) is 29.8 Å². The molecule has 0 saturated heterocycles. The van der Waals surface area contributed by atoms with Gasteiger partial charge in [-0.3, -0.25) is 5.84 Å². The van der Waals surface area contributed by atoms with Gasteiger partial charge in [-0.05, 0) is 40.1 Å². The summed E-state index contributed by atoms with van der Waals surface area (Å²) in [7, 11) is 0. The number of nitrogens with two attached hydrogens (primary N) is 1. The van der Waals surface area contributed by atoms with E-state index in [4.69, 9.17) is 17.4 Å². The van der Waals surface area contributed by atoms with Crippen LogP contribution >= 0.6 is 22.9 Å². The third-order valence-corrected chi connectivity index (χ3v) is 4.26. The van der Waals surface area contributed by atoms with Crippen LogP contribution < -0.4 is 11.3 Å². The van der Waals surface area contributed by atoms with Crippen molar-refractivity contribution in [3.05, 3.63) is 64.3 Å². The Labute approximate surface area is 120 Å². The van der Waals surface area contributed by atoms with E-state index in [2.05, 4.69) is 34.0 Å². The molecule has 19 heavy (non-hydrogen) atoms. The van der Waals surface area contributed by atoms with Gasteiger partial charge >= 0.3 is 0 Å². The molecule has 0 radical (unpaired) electrons. The van der Waals surface area contributed by atoms with Gasteiger partial charge in [0.25, 0.3) is 0 Å². The summed E-state index contributed by atoms with van der Waals surface area (Å²) in [6.45, 7) is 0. The van der Waals surface area contributed by atoms with Crippen molar-refractivity contribution >= 4 is 33.0 Å². The van der Waals surface area contributed by atoms with Crippen LogP contribution in [0.25, 0.3) is 10.1 Å². The number of pyridine rings is 1. The molecular weight excluding hydrogens is 278 g/mol. The summed E-state index contributed by atoms with van der Waals surface area (Å²) in [5.41, 5.74) is 5.02. The highest BCUT2D eigenvalue weighted by Crippen LogP contribution is 2.32. The first-order valence-corrected chi connectivity index (χ1v) is 7.09. The number of halogens is 1. The maximum Gasteiger partial charge on any atom is 0.129 e. The highest BCUT2D eigenvalue weighted by Gasteiger charge is 2.16. The molecule has 2 aromatic heterocycles. The van der Waals surface area contributed by atoms with Crippen LogP contribution in [-0.2, 0) is 0 Å². The minimum Gasteiger partial charge on any atom is -0.271 e. The Balaban J connectivity index is 2.14. The van der Waals surface area contributed by atoms with Crippen LogP contribution in [0.1, 0.15) is 17.2 Å². The number of fused-ring (bicyclic) bond motifs is 1. The number of benzene rings is 1. The first-order valence-electron chi connectivity index (χ1n) is 5.83. The number of nitrogens with zero attached hydrogens (tertiary/aromatic N) is 1. The number of aromatic nitrogens is 1. The molecule has 0 saturated carbocycles. The van der Waals surface area contributed by atoms with Crippen molar-refractivity contribution in [2.24, 2.45) is 5.84 Å². The van der Waals surface area contributed by atoms with Crippen molar-refractivity contribution < 1.29 is 0 Å². The molecule has 96 valence electrons. The van der Waals surface area contributed by atoms with E-state index in [0.717, 1.165) is 11.1 Å². The Hall–Kier alpha value is -1.46. The second kappa shape index (κ2) is 5.27. The Morgan fingerprint density at radius 3 is 2.95 bits per heavy atom. The largest absolute Gasteiger partial charge is 0.271 e. The van der Waals surface area contributed by atoms with Crippen molar-refractivity contribution in [2.75, 3.05) is 0 Å². The molecule has 0 aliphatic heterocycles. The second-order valence-corrected chi connectivity index (χ2v) is 5.50. The number of rotatable bonds is 3. The van der Waals surface area contributed by atoms with Gasteiger partial charge in [-0.15, -0.1) is 11.3 Å². The third kappa shape index (κ3) is 2.35. The number of hydrogen-bond acceptors (Lipinski definition) is 4. The normalized spacial score (nSPS) is 12.7. The van der Waals surface area contributed by atoms with E-state index < -0.39 is 0 Å². The van der Waals surface area contributed by atoms with E-state index in [-0.39, 0.29) is 6.04 Å². The smallest absolute Gasteiger partial charge is 0.129 e. The third-order valence-electron chi connectivity index (χ3n) is 3.07. The predicted octanol–water partition coefficient (Wildman–Crippen LogP) is 3.50. The maximum atomic E-state index is 5.95. The Bertz CT molecular complexity index is 710. The molecule has 3 aromatic rings. The van der Waals surface area contributed by atoms with Gasteiger partial charge in [0.15, 0.2) is 0 Å². The fraction of sp³-hybridized carbons (Fsp3) is 0.0714. The highest BCUT2D eigenvalue weighted by molar-refractivity contribution is 7.17. The van der Waals surface area contributed by atoms with Gasteiger partial charge < -0.3 is 0 Å². The molecule has 2 heterocycles. The van der Waals surface area contributed by atoms with Crippen molar-refractivity contribution in [1.29, 1.82) is 0 Å². The van der Waals surface area contributed by atoms with Crippen molar-refractivity contribution in [3.8, 4) is 0 Å². The minimum absolute atomic E-state index is 0.0946. The highest BCUT2D eigenvalue weighted by atomic mass is 35.5. The zero-order valence-electron chi connectivity index (χ0n) is 10.0. The van der Waals surface area contributed by atoms with Gasteiger partial charge in [-0.25, -0.2) is 10.4 Å². The number of nitrogens with one attached hydrogen (secondary N) is 1. The standard InChI is InChI=1S/C14H12ClN3S/c15-12-8-10(4-6-17-12)13(18-16)11-3-1-2-9-5-7-19-14(9)11/h1-8,13,18H,16H2. The van der Waals surface area contributed by atoms with Crippen LogP contribution in [0.5, 0.6) is 0 Å². The number of hydrogen-bond donors (Lipinski definition) is 2. The van der Waals surface area contributed by atoms with E-state index in [0.29, 0.717) is 5.15 Å². The van der Waals surface area contributed by atoms with Crippen LogP contribution in [-0.4, -0.2) is 4.98 Å². The summed E-state index contributed by atoms with van der Waals surface area (Å²) < 4.78 is 1.23. The molecule has 1 aromatic carbocycles. The van der Waals surface area contributed by atoms with Gasteiger partial charge in [0.05, 0.1) is 6.04 Å². The van der Waals surface area contributed by atoms with Crippen LogP contribution in [0.15, 0.2) is 48.0 Å². The fourth-order valence-electron chi connectivity index (χ4n) is 2.21. The van der Waals surface area contributed by atoms with Crippen LogP contribution in [0.2, 0.25) is 5.15 Å². The van der Waals surface area contributed by atoms with Gasteiger partial charge in [0.2, 0.25) is 0 Å². The molecular formula is C14H12ClN3S. The predicted molar refractivity (Wildman–Crippen MR) is 80.2 cm³/mol.